The number of nitrogens with two attached hydrogens (primary N) is 1. The van der Waals surface area contributed by atoms with E-state index in [1.807, 2.05) is 12.3 Å². The molecule has 0 bridgehead atoms. The Morgan fingerprint density at radius 2 is 2.10 bits per heavy atom. The first-order valence-electron chi connectivity index (χ1n) is 9.81. The van der Waals surface area contributed by atoms with E-state index in [9.17, 15) is 4.79 Å². The molecule has 0 aliphatic heterocycles. The minimum atomic E-state index is -0.0134. The van der Waals surface area contributed by atoms with Crippen molar-refractivity contribution in [1.29, 1.82) is 0 Å². The van der Waals surface area contributed by atoms with Gasteiger partial charge in [-0.15, -0.1) is 11.3 Å². The number of hydrogen-bond donors (Lipinski definition) is 3. The summed E-state index contributed by atoms with van der Waals surface area (Å²) in [6.07, 6.45) is 6.75. The van der Waals surface area contributed by atoms with Gasteiger partial charge in [-0.1, -0.05) is 0 Å². The van der Waals surface area contributed by atoms with E-state index in [2.05, 4.69) is 40.0 Å². The van der Waals surface area contributed by atoms with E-state index < -0.39 is 0 Å². The van der Waals surface area contributed by atoms with Crippen molar-refractivity contribution in [2.45, 2.75) is 38.6 Å². The van der Waals surface area contributed by atoms with Crippen molar-refractivity contribution in [1.82, 2.24) is 34.7 Å². The summed E-state index contributed by atoms with van der Waals surface area (Å²) in [7, 11) is 0. The van der Waals surface area contributed by atoms with Crippen LogP contribution in [0.4, 0.5) is 10.9 Å². The maximum absolute atomic E-state index is 12.6. The monoisotopic (exact) mass is 423 g/mol. The third-order valence-electron chi connectivity index (χ3n) is 5.50. The summed E-state index contributed by atoms with van der Waals surface area (Å²) in [5, 5.41) is 12.4. The minimum Gasteiger partial charge on any atom is -0.382 e. The number of thiazole rings is 1. The highest BCUT2D eigenvalue weighted by Crippen LogP contribution is 2.35. The number of nitrogens with zero attached hydrogens (tertiary/aromatic N) is 6. The smallest absolute Gasteiger partial charge is 0.229 e. The van der Waals surface area contributed by atoms with Crippen molar-refractivity contribution in [2.24, 2.45) is 5.92 Å². The van der Waals surface area contributed by atoms with Gasteiger partial charge in [0.1, 0.15) is 11.2 Å². The predicted octanol–water partition coefficient (Wildman–Crippen LogP) is 2.93. The number of hydrogen-bond acceptors (Lipinski definition) is 8. The Bertz CT molecular complexity index is 1190. The second kappa shape index (κ2) is 7.48. The maximum Gasteiger partial charge on any atom is 0.229 e. The maximum atomic E-state index is 12.6. The van der Waals surface area contributed by atoms with E-state index in [0.717, 1.165) is 31.4 Å². The Hall–Kier alpha value is -3.34. The molecule has 0 radical (unpaired) electrons. The molecule has 0 unspecified atom stereocenters. The lowest BCUT2D eigenvalue weighted by atomic mass is 9.85. The number of amides is 1. The average Bonchev–Trinajstić information content (AvgIpc) is 3.49. The van der Waals surface area contributed by atoms with Gasteiger partial charge >= 0.3 is 0 Å². The highest BCUT2D eigenvalue weighted by molar-refractivity contribution is 7.13. The molecule has 5 rings (SSSR count). The van der Waals surface area contributed by atoms with Crippen molar-refractivity contribution < 1.29 is 4.79 Å². The lowest BCUT2D eigenvalue weighted by Gasteiger charge is -2.28. The van der Waals surface area contributed by atoms with Gasteiger partial charge in [-0.2, -0.15) is 5.10 Å². The summed E-state index contributed by atoms with van der Waals surface area (Å²) in [6, 6.07) is 2.01. The molecule has 1 saturated carbocycles. The summed E-state index contributed by atoms with van der Waals surface area (Å²) in [4.78, 5) is 30.4. The number of carbonyl (C=O) groups is 1. The van der Waals surface area contributed by atoms with Crippen LogP contribution in [0.2, 0.25) is 0 Å². The predicted molar refractivity (Wildman–Crippen MR) is 114 cm³/mol. The summed E-state index contributed by atoms with van der Waals surface area (Å²) in [6.45, 7) is 1.92. The van der Waals surface area contributed by atoms with Crippen LogP contribution in [0.3, 0.4) is 0 Å². The van der Waals surface area contributed by atoms with Gasteiger partial charge in [0.05, 0.1) is 12.0 Å². The molecule has 4 aromatic rings. The first kappa shape index (κ1) is 18.7. The molecule has 1 aliphatic rings. The van der Waals surface area contributed by atoms with Gasteiger partial charge in [0.2, 0.25) is 5.91 Å². The standard InChI is InChI=1S/C19H21N9OS/c1-10-8-30-19(23-10)26-18(29)11-2-4-12(5-3-11)28-9-21-14-15(20)24-16(25-17(14)28)13-6-7-22-27-13/h6-9,11-12H,2-5H2,1H3,(H,22,27)(H2,20,24,25)(H,23,26,29). The molecule has 11 heteroatoms. The van der Waals surface area contributed by atoms with E-state index in [4.69, 9.17) is 5.73 Å². The van der Waals surface area contributed by atoms with Crippen molar-refractivity contribution >= 4 is 39.4 Å². The molecule has 0 saturated heterocycles. The number of aromatic nitrogens is 7. The zero-order valence-electron chi connectivity index (χ0n) is 16.4. The number of imidazole rings is 1. The number of nitrogens with one attached hydrogen (secondary N) is 2. The molecular weight excluding hydrogens is 402 g/mol. The third-order valence-corrected chi connectivity index (χ3v) is 6.38. The van der Waals surface area contributed by atoms with Crippen LogP contribution in [0.5, 0.6) is 0 Å². The number of aryl methyl sites for hydroxylation is 1. The van der Waals surface area contributed by atoms with E-state index >= 15 is 0 Å². The molecule has 0 aromatic carbocycles. The molecule has 30 heavy (non-hydrogen) atoms. The summed E-state index contributed by atoms with van der Waals surface area (Å²) in [5.41, 5.74) is 9.05. The number of nitrogen functional groups attached to an aromatic ring is 1. The molecule has 4 heterocycles. The van der Waals surface area contributed by atoms with E-state index in [1.165, 1.54) is 11.3 Å². The summed E-state index contributed by atoms with van der Waals surface area (Å²) < 4.78 is 2.06. The Morgan fingerprint density at radius 1 is 1.27 bits per heavy atom. The topological polar surface area (TPSA) is 140 Å². The second-order valence-corrected chi connectivity index (χ2v) is 8.37. The average molecular weight is 424 g/mol. The summed E-state index contributed by atoms with van der Waals surface area (Å²) in [5.74, 6) is 0.869. The number of H-pyrrole nitrogens is 1. The van der Waals surface area contributed by atoms with Crippen LogP contribution in [0, 0.1) is 12.8 Å². The first-order chi connectivity index (χ1) is 14.6. The van der Waals surface area contributed by atoms with Gasteiger partial charge in [0.15, 0.2) is 22.4 Å². The SMILES string of the molecule is Cc1csc(NC(=O)C2CCC(n3cnc4c(N)nc(-c5ccn[nH]5)nc43)CC2)n1. The number of rotatable bonds is 4. The normalized spacial score (nSPS) is 19.2. The lowest BCUT2D eigenvalue weighted by molar-refractivity contribution is -0.120. The Labute approximate surface area is 176 Å². The van der Waals surface area contributed by atoms with E-state index in [0.29, 0.717) is 33.6 Å². The molecule has 1 amide bonds. The molecule has 0 atom stereocenters. The zero-order chi connectivity index (χ0) is 20.7. The molecule has 1 fully saturated rings. The Balaban J connectivity index is 1.33. The molecule has 4 N–H and O–H groups in total. The van der Waals surface area contributed by atoms with Gasteiger partial charge in [0, 0.05) is 23.5 Å². The molecule has 4 aromatic heterocycles. The highest BCUT2D eigenvalue weighted by atomic mass is 32.1. The van der Waals surface area contributed by atoms with Crippen molar-refractivity contribution in [3.8, 4) is 11.5 Å². The Kier molecular flexibility index (Phi) is 4.66. The number of fused-ring (bicyclic) bond motifs is 1. The van der Waals surface area contributed by atoms with Gasteiger partial charge < -0.3 is 15.6 Å². The van der Waals surface area contributed by atoms with Crippen molar-refractivity contribution in [2.75, 3.05) is 11.1 Å². The van der Waals surface area contributed by atoms with Gasteiger partial charge in [-0.05, 0) is 38.7 Å². The molecular formula is C19H21N9OS. The third kappa shape index (κ3) is 3.41. The van der Waals surface area contributed by atoms with Crippen LogP contribution in [-0.2, 0) is 4.79 Å². The minimum absolute atomic E-state index is 0.0134. The first-order valence-corrected chi connectivity index (χ1v) is 10.7. The van der Waals surface area contributed by atoms with E-state index in [1.54, 1.807) is 18.6 Å². The second-order valence-electron chi connectivity index (χ2n) is 7.52. The zero-order valence-corrected chi connectivity index (χ0v) is 17.2. The van der Waals surface area contributed by atoms with E-state index in [-0.39, 0.29) is 17.9 Å². The van der Waals surface area contributed by atoms with Crippen LogP contribution in [-0.4, -0.2) is 40.6 Å². The van der Waals surface area contributed by atoms with Crippen molar-refractivity contribution in [3.63, 3.8) is 0 Å². The fraction of sp³-hybridized carbons (Fsp3) is 0.368. The summed E-state index contributed by atoms with van der Waals surface area (Å²) >= 11 is 1.45. The number of anilines is 2. The van der Waals surface area contributed by atoms with Crippen LogP contribution in [0.25, 0.3) is 22.7 Å². The van der Waals surface area contributed by atoms with Crippen LogP contribution in [0.15, 0.2) is 24.0 Å². The largest absolute Gasteiger partial charge is 0.382 e. The quantitative estimate of drug-likeness (QED) is 0.458. The van der Waals surface area contributed by atoms with Gasteiger partial charge in [-0.3, -0.25) is 9.89 Å². The number of carbonyl (C=O) groups excluding carboxylic acids is 1. The fourth-order valence-corrected chi connectivity index (χ4v) is 4.63. The molecule has 1 aliphatic carbocycles. The lowest BCUT2D eigenvalue weighted by Crippen LogP contribution is -2.28. The fourth-order valence-electron chi connectivity index (χ4n) is 3.94. The number of aromatic amines is 1. The van der Waals surface area contributed by atoms with Crippen molar-refractivity contribution in [3.05, 3.63) is 29.7 Å². The highest BCUT2D eigenvalue weighted by Gasteiger charge is 2.29. The van der Waals surface area contributed by atoms with Crippen LogP contribution >= 0.6 is 11.3 Å². The van der Waals surface area contributed by atoms with Gasteiger partial charge in [0.25, 0.3) is 0 Å². The Morgan fingerprint density at radius 3 is 2.80 bits per heavy atom. The van der Waals surface area contributed by atoms with Gasteiger partial charge in [-0.25, -0.2) is 19.9 Å². The molecule has 10 nitrogen and oxygen atoms in total. The van der Waals surface area contributed by atoms with Crippen LogP contribution < -0.4 is 11.1 Å². The molecule has 154 valence electrons. The molecule has 0 spiro atoms. The van der Waals surface area contributed by atoms with Crippen LogP contribution in [0.1, 0.15) is 37.4 Å².